The molecule has 0 saturated heterocycles. The van der Waals surface area contributed by atoms with E-state index in [1.165, 1.54) is 13.8 Å². The number of fused-ring (bicyclic) bond motifs is 2. The second kappa shape index (κ2) is 7.98. The zero-order chi connectivity index (χ0) is 22.2. The van der Waals surface area contributed by atoms with Gasteiger partial charge in [-0.3, -0.25) is 4.79 Å². The molecule has 1 N–H and O–H groups in total. The third kappa shape index (κ3) is 4.08. The van der Waals surface area contributed by atoms with E-state index >= 15 is 0 Å². The Kier molecular flexibility index (Phi) is 5.35. The van der Waals surface area contributed by atoms with Gasteiger partial charge in [-0.05, 0) is 74.2 Å². The van der Waals surface area contributed by atoms with Crippen molar-refractivity contribution < 1.29 is 33.6 Å². The molecule has 1 aliphatic carbocycles. The molecule has 0 unspecified atom stereocenters. The van der Waals surface area contributed by atoms with Crippen LogP contribution in [0.25, 0.3) is 6.08 Å². The Morgan fingerprint density at radius 2 is 1.90 bits per heavy atom. The first-order valence-electron chi connectivity index (χ1n) is 10.1. The van der Waals surface area contributed by atoms with Gasteiger partial charge in [-0.15, -0.1) is 0 Å². The average Bonchev–Trinajstić information content (AvgIpc) is 2.74. The molecular formula is C24H24O7. The number of hydrogen-bond acceptors (Lipinski definition) is 6. The summed E-state index contributed by atoms with van der Waals surface area (Å²) in [5.74, 6) is 1.07. The summed E-state index contributed by atoms with van der Waals surface area (Å²) in [4.78, 5) is 24.4. The van der Waals surface area contributed by atoms with Gasteiger partial charge in [-0.1, -0.05) is 0 Å². The number of Topliss-reactive ketones (excluding diaryl/α,β-unsaturated/α-hetero) is 1. The van der Waals surface area contributed by atoms with E-state index in [9.17, 15) is 14.7 Å². The Morgan fingerprint density at radius 3 is 2.65 bits per heavy atom. The number of hydrogen-bond donors (Lipinski definition) is 1. The molecule has 0 fully saturated rings. The van der Waals surface area contributed by atoms with Gasteiger partial charge in [0.05, 0.1) is 7.11 Å². The summed E-state index contributed by atoms with van der Waals surface area (Å²) in [7, 11) is 1.57. The Bertz CT molecular complexity index is 1060. The maximum Gasteiger partial charge on any atom is 0.347 e. The third-order valence-electron chi connectivity index (χ3n) is 5.36. The number of aryl methyl sites for hydroxylation is 1. The van der Waals surface area contributed by atoms with Crippen LogP contribution < -0.4 is 18.9 Å². The molecule has 4 rings (SSSR count). The summed E-state index contributed by atoms with van der Waals surface area (Å²) in [6, 6.07) is 8.76. The standard InChI is InChI=1S/C24H24O7/c1-24(2,23(26)27)31-17-6-7-18-15(13-17)4-5-16(21(18)25)10-14-11-19(28-3)22-20(12-14)29-8-9-30-22/h6-7,10-13H,4-5,8-9H2,1-3H3,(H,26,27). The van der Waals surface area contributed by atoms with Gasteiger partial charge in [0.1, 0.15) is 19.0 Å². The summed E-state index contributed by atoms with van der Waals surface area (Å²) in [6.07, 6.45) is 3.07. The van der Waals surface area contributed by atoms with Crippen LogP contribution in [-0.4, -0.2) is 42.8 Å². The van der Waals surface area contributed by atoms with Crippen molar-refractivity contribution in [2.75, 3.05) is 20.3 Å². The third-order valence-corrected chi connectivity index (χ3v) is 5.36. The van der Waals surface area contributed by atoms with Crippen molar-refractivity contribution in [1.82, 2.24) is 0 Å². The van der Waals surface area contributed by atoms with Crippen molar-refractivity contribution in [3.8, 4) is 23.0 Å². The van der Waals surface area contributed by atoms with Crippen LogP contribution in [0.1, 0.15) is 41.8 Å². The minimum atomic E-state index is -1.35. The summed E-state index contributed by atoms with van der Waals surface area (Å²) in [5.41, 5.74) is 1.58. The maximum atomic E-state index is 13.1. The average molecular weight is 424 g/mol. The summed E-state index contributed by atoms with van der Waals surface area (Å²) in [6.45, 7) is 3.91. The van der Waals surface area contributed by atoms with Crippen LogP contribution in [0.4, 0.5) is 0 Å². The Morgan fingerprint density at radius 1 is 1.13 bits per heavy atom. The Hall–Kier alpha value is -3.48. The fourth-order valence-electron chi connectivity index (χ4n) is 3.67. The highest BCUT2D eigenvalue weighted by Crippen LogP contribution is 2.41. The highest BCUT2D eigenvalue weighted by molar-refractivity contribution is 6.13. The molecule has 7 heteroatoms. The minimum absolute atomic E-state index is 0.0563. The van der Waals surface area contributed by atoms with Crippen LogP contribution in [0.2, 0.25) is 0 Å². The van der Waals surface area contributed by atoms with E-state index in [2.05, 4.69) is 0 Å². The second-order valence-electron chi connectivity index (χ2n) is 7.98. The molecule has 1 aliphatic heterocycles. The van der Waals surface area contributed by atoms with Gasteiger partial charge in [0.25, 0.3) is 0 Å². The molecule has 2 aromatic carbocycles. The number of rotatable bonds is 5. The lowest BCUT2D eigenvalue weighted by molar-refractivity contribution is -0.152. The van der Waals surface area contributed by atoms with Crippen LogP contribution in [0.5, 0.6) is 23.0 Å². The molecule has 0 saturated carbocycles. The fraction of sp³-hybridized carbons (Fsp3) is 0.333. The van der Waals surface area contributed by atoms with Crippen molar-refractivity contribution in [2.45, 2.75) is 32.3 Å². The van der Waals surface area contributed by atoms with Crippen molar-refractivity contribution in [2.24, 2.45) is 0 Å². The van der Waals surface area contributed by atoms with Gasteiger partial charge in [0.15, 0.2) is 22.9 Å². The zero-order valence-electron chi connectivity index (χ0n) is 17.7. The van der Waals surface area contributed by atoms with Crippen molar-refractivity contribution in [3.05, 3.63) is 52.6 Å². The van der Waals surface area contributed by atoms with Gasteiger partial charge in [0, 0.05) is 11.1 Å². The number of carboxylic acids is 1. The normalized spacial score (nSPS) is 16.6. The van der Waals surface area contributed by atoms with Gasteiger partial charge in [0.2, 0.25) is 5.75 Å². The molecule has 0 spiro atoms. The Balaban J connectivity index is 1.61. The lowest BCUT2D eigenvalue weighted by Gasteiger charge is -2.24. The van der Waals surface area contributed by atoms with Crippen LogP contribution in [0.3, 0.4) is 0 Å². The van der Waals surface area contributed by atoms with E-state index in [0.717, 1.165) is 11.1 Å². The van der Waals surface area contributed by atoms with Gasteiger partial charge in [-0.2, -0.15) is 0 Å². The van der Waals surface area contributed by atoms with Crippen molar-refractivity contribution in [1.29, 1.82) is 0 Å². The molecule has 0 bridgehead atoms. The van der Waals surface area contributed by atoms with Gasteiger partial charge >= 0.3 is 5.97 Å². The van der Waals surface area contributed by atoms with Crippen LogP contribution in [0.15, 0.2) is 35.9 Å². The SMILES string of the molecule is COc1cc(C=C2CCc3cc(OC(C)(C)C(=O)O)ccc3C2=O)cc2c1OCCO2. The second-order valence-corrected chi connectivity index (χ2v) is 7.98. The summed E-state index contributed by atoms with van der Waals surface area (Å²) < 4.78 is 22.3. The molecule has 2 aromatic rings. The van der Waals surface area contributed by atoms with Crippen LogP contribution >= 0.6 is 0 Å². The van der Waals surface area contributed by atoms with E-state index in [1.807, 2.05) is 18.2 Å². The molecule has 7 nitrogen and oxygen atoms in total. The van der Waals surface area contributed by atoms with E-state index < -0.39 is 11.6 Å². The number of aliphatic carboxylic acids is 1. The molecule has 1 heterocycles. The topological polar surface area (TPSA) is 91.3 Å². The van der Waals surface area contributed by atoms with E-state index in [4.69, 9.17) is 18.9 Å². The van der Waals surface area contributed by atoms with Crippen molar-refractivity contribution >= 4 is 17.8 Å². The molecular weight excluding hydrogens is 400 g/mol. The first-order chi connectivity index (χ1) is 14.8. The van der Waals surface area contributed by atoms with E-state index in [-0.39, 0.29) is 5.78 Å². The number of allylic oxidation sites excluding steroid dienone is 1. The van der Waals surface area contributed by atoms with Crippen LogP contribution in [-0.2, 0) is 11.2 Å². The molecule has 0 radical (unpaired) electrons. The number of ether oxygens (including phenoxy) is 4. The zero-order valence-corrected chi connectivity index (χ0v) is 17.7. The first-order valence-corrected chi connectivity index (χ1v) is 10.1. The quantitative estimate of drug-likeness (QED) is 0.728. The van der Waals surface area contributed by atoms with E-state index in [1.54, 1.807) is 25.3 Å². The minimum Gasteiger partial charge on any atom is -0.493 e. The number of ketones is 1. The highest BCUT2D eigenvalue weighted by Gasteiger charge is 2.30. The lowest BCUT2D eigenvalue weighted by atomic mass is 9.86. The number of benzene rings is 2. The summed E-state index contributed by atoms with van der Waals surface area (Å²) in [5, 5.41) is 9.26. The molecule has 0 amide bonds. The lowest BCUT2D eigenvalue weighted by Crippen LogP contribution is -2.37. The van der Waals surface area contributed by atoms with Crippen molar-refractivity contribution in [3.63, 3.8) is 0 Å². The predicted octanol–water partition coefficient (Wildman–Crippen LogP) is 3.92. The number of carbonyl (C=O) groups excluding carboxylic acids is 1. The number of carboxylic acid groups (broad SMARTS) is 1. The first kappa shape index (κ1) is 20.8. The molecule has 0 atom stereocenters. The molecule has 162 valence electrons. The smallest absolute Gasteiger partial charge is 0.347 e. The number of carbonyl (C=O) groups is 2. The summed E-state index contributed by atoms with van der Waals surface area (Å²) >= 11 is 0. The van der Waals surface area contributed by atoms with Gasteiger partial charge < -0.3 is 24.1 Å². The molecule has 0 aromatic heterocycles. The number of methoxy groups -OCH3 is 1. The van der Waals surface area contributed by atoms with E-state index in [0.29, 0.717) is 60.2 Å². The largest absolute Gasteiger partial charge is 0.493 e. The molecule has 31 heavy (non-hydrogen) atoms. The monoisotopic (exact) mass is 424 g/mol. The fourth-order valence-corrected chi connectivity index (χ4v) is 3.67. The highest BCUT2D eigenvalue weighted by atomic mass is 16.6. The van der Waals surface area contributed by atoms with Crippen LogP contribution in [0, 0.1) is 0 Å². The Labute approximate surface area is 180 Å². The van der Waals surface area contributed by atoms with Gasteiger partial charge in [-0.25, -0.2) is 4.79 Å². The predicted molar refractivity (Wildman–Crippen MR) is 113 cm³/mol. The molecule has 2 aliphatic rings. The maximum absolute atomic E-state index is 13.1.